The quantitative estimate of drug-likeness (QED) is 0.639. The molecule has 3 aromatic rings. The van der Waals surface area contributed by atoms with Crippen LogP contribution in [-0.2, 0) is 10.0 Å². The van der Waals surface area contributed by atoms with Gasteiger partial charge in [0, 0.05) is 25.0 Å². The molecule has 0 radical (unpaired) electrons. The van der Waals surface area contributed by atoms with Crippen molar-refractivity contribution in [3.8, 4) is 11.5 Å². The molecule has 4 rings (SSSR count). The average molecular weight is 445 g/mol. The zero-order chi connectivity index (χ0) is 22.2. The van der Waals surface area contributed by atoms with Crippen molar-refractivity contribution in [3.63, 3.8) is 0 Å². The molecular weight excluding hydrogens is 425 g/mol. The highest BCUT2D eigenvalue weighted by Gasteiger charge is 2.33. The Morgan fingerprint density at radius 3 is 2.77 bits per heavy atom. The second-order valence-corrected chi connectivity index (χ2v) is 9.11. The number of benzene rings is 1. The van der Waals surface area contributed by atoms with Gasteiger partial charge in [-0.3, -0.25) is 9.78 Å². The zero-order valence-corrected chi connectivity index (χ0v) is 17.7. The molecule has 0 unspecified atom stereocenters. The van der Waals surface area contributed by atoms with Gasteiger partial charge < -0.3 is 9.32 Å². The van der Waals surface area contributed by atoms with Gasteiger partial charge in [0.2, 0.25) is 21.8 Å². The summed E-state index contributed by atoms with van der Waals surface area (Å²) in [6.07, 6.45) is 2.21. The fourth-order valence-electron chi connectivity index (χ4n) is 3.38. The number of sulfonamides is 1. The Hall–Kier alpha value is -3.18. The number of amides is 1. The molecule has 162 valence electrons. The van der Waals surface area contributed by atoms with E-state index in [0.29, 0.717) is 30.3 Å². The first-order chi connectivity index (χ1) is 14.8. The third-order valence-electron chi connectivity index (χ3n) is 5.17. The number of nitrogens with one attached hydrogen (secondary N) is 1. The lowest BCUT2D eigenvalue weighted by molar-refractivity contribution is 0.0785. The number of hydrogen-bond acceptors (Lipinski definition) is 7. The van der Waals surface area contributed by atoms with Crippen molar-refractivity contribution in [2.24, 2.45) is 0 Å². The van der Waals surface area contributed by atoms with Gasteiger partial charge in [0.1, 0.15) is 5.82 Å². The SMILES string of the molecule is CNS(=O)(=O)c1ccc(F)c(C(=O)N2CC[C@H](c3nnc(-c4ccc(C)nc4)o3)C2)c1. The maximum Gasteiger partial charge on any atom is 0.256 e. The zero-order valence-electron chi connectivity index (χ0n) is 16.9. The van der Waals surface area contributed by atoms with Crippen molar-refractivity contribution in [2.45, 2.75) is 24.2 Å². The average Bonchev–Trinajstić information content (AvgIpc) is 3.44. The van der Waals surface area contributed by atoms with Gasteiger partial charge in [-0.25, -0.2) is 17.5 Å². The number of carbonyl (C=O) groups is 1. The third kappa shape index (κ3) is 4.19. The molecule has 0 bridgehead atoms. The van der Waals surface area contributed by atoms with Crippen LogP contribution in [0, 0.1) is 12.7 Å². The van der Waals surface area contributed by atoms with Gasteiger partial charge in [0.15, 0.2) is 0 Å². The minimum atomic E-state index is -3.80. The molecule has 1 atom stereocenters. The summed E-state index contributed by atoms with van der Waals surface area (Å²) in [5.74, 6) is -0.844. The molecule has 1 aliphatic rings. The highest BCUT2D eigenvalue weighted by molar-refractivity contribution is 7.89. The lowest BCUT2D eigenvalue weighted by Gasteiger charge is -2.17. The van der Waals surface area contributed by atoms with Crippen molar-refractivity contribution in [3.05, 3.63) is 59.5 Å². The van der Waals surface area contributed by atoms with Gasteiger partial charge in [-0.1, -0.05) is 0 Å². The predicted molar refractivity (Wildman–Crippen MR) is 108 cm³/mol. The van der Waals surface area contributed by atoms with Crippen LogP contribution >= 0.6 is 0 Å². The van der Waals surface area contributed by atoms with Crippen LogP contribution in [-0.4, -0.2) is 54.5 Å². The number of rotatable bonds is 5. The highest BCUT2D eigenvalue weighted by atomic mass is 32.2. The standard InChI is InChI=1S/C20H20FN5O4S/c1-12-3-4-13(10-23-12)18-24-25-19(30-18)14-7-8-26(11-14)20(27)16-9-15(5-6-17(16)21)31(28,29)22-2/h3-6,9-10,14,22H,7-8,11H2,1-2H3/t14-/m0/s1. The Labute approximate surface area is 178 Å². The van der Waals surface area contributed by atoms with Crippen LogP contribution in [0.5, 0.6) is 0 Å². The summed E-state index contributed by atoms with van der Waals surface area (Å²) in [5, 5.41) is 8.15. The number of likely N-dealkylation sites (tertiary alicyclic amines) is 1. The smallest absolute Gasteiger partial charge is 0.256 e. The second-order valence-electron chi connectivity index (χ2n) is 7.22. The maximum atomic E-state index is 14.3. The van der Waals surface area contributed by atoms with Crippen molar-refractivity contribution in [2.75, 3.05) is 20.1 Å². The Kier molecular flexibility index (Phi) is 5.54. The van der Waals surface area contributed by atoms with Crippen molar-refractivity contribution < 1.29 is 22.0 Å². The van der Waals surface area contributed by atoms with Crippen molar-refractivity contribution in [1.29, 1.82) is 0 Å². The van der Waals surface area contributed by atoms with Gasteiger partial charge >= 0.3 is 0 Å². The van der Waals surface area contributed by atoms with Crippen molar-refractivity contribution >= 4 is 15.9 Å². The molecule has 2 aromatic heterocycles. The van der Waals surface area contributed by atoms with Crippen LogP contribution in [0.4, 0.5) is 4.39 Å². The van der Waals surface area contributed by atoms with E-state index in [1.807, 2.05) is 19.1 Å². The van der Waals surface area contributed by atoms with E-state index in [1.165, 1.54) is 11.9 Å². The molecule has 3 heterocycles. The predicted octanol–water partition coefficient (Wildman–Crippen LogP) is 2.12. The first kappa shape index (κ1) is 21.1. The molecule has 1 fully saturated rings. The number of aromatic nitrogens is 3. The van der Waals surface area contributed by atoms with Crippen LogP contribution in [0.25, 0.3) is 11.5 Å². The number of pyridine rings is 1. The van der Waals surface area contributed by atoms with Gasteiger partial charge in [0.05, 0.1) is 21.9 Å². The molecule has 1 amide bonds. The van der Waals surface area contributed by atoms with Crippen LogP contribution in [0.15, 0.2) is 45.8 Å². The molecule has 31 heavy (non-hydrogen) atoms. The second kappa shape index (κ2) is 8.16. The van der Waals surface area contributed by atoms with E-state index < -0.39 is 21.7 Å². The van der Waals surface area contributed by atoms with Crippen LogP contribution in [0.1, 0.15) is 34.3 Å². The van der Waals surface area contributed by atoms with Gasteiger partial charge in [0.25, 0.3) is 5.91 Å². The lowest BCUT2D eigenvalue weighted by Crippen LogP contribution is -2.29. The van der Waals surface area contributed by atoms with Crippen LogP contribution in [0.3, 0.4) is 0 Å². The van der Waals surface area contributed by atoms with E-state index in [4.69, 9.17) is 4.42 Å². The molecule has 1 saturated heterocycles. The number of carbonyl (C=O) groups excluding carboxylic acids is 1. The summed E-state index contributed by atoms with van der Waals surface area (Å²) in [6.45, 7) is 2.49. The minimum Gasteiger partial charge on any atom is -0.420 e. The summed E-state index contributed by atoms with van der Waals surface area (Å²) >= 11 is 0. The monoisotopic (exact) mass is 445 g/mol. The van der Waals surface area contributed by atoms with Crippen LogP contribution in [0.2, 0.25) is 0 Å². The van der Waals surface area contributed by atoms with Crippen LogP contribution < -0.4 is 4.72 Å². The number of halogens is 1. The van der Waals surface area contributed by atoms with E-state index >= 15 is 0 Å². The Bertz CT molecular complexity index is 1230. The molecule has 1 N–H and O–H groups in total. The van der Waals surface area contributed by atoms with E-state index in [9.17, 15) is 17.6 Å². The summed E-state index contributed by atoms with van der Waals surface area (Å²) in [6, 6.07) is 6.81. The van der Waals surface area contributed by atoms with Gasteiger partial charge in [-0.2, -0.15) is 0 Å². The topological polar surface area (TPSA) is 118 Å². The van der Waals surface area contributed by atoms with Crippen molar-refractivity contribution in [1.82, 2.24) is 24.8 Å². The summed E-state index contributed by atoms with van der Waals surface area (Å²) in [5.41, 5.74) is 1.26. The molecule has 0 saturated carbocycles. The first-order valence-electron chi connectivity index (χ1n) is 9.57. The summed E-state index contributed by atoms with van der Waals surface area (Å²) in [4.78, 5) is 18.4. The number of aryl methyl sites for hydroxylation is 1. The molecule has 11 heteroatoms. The van der Waals surface area contributed by atoms with E-state index in [2.05, 4.69) is 19.9 Å². The van der Waals surface area contributed by atoms with Gasteiger partial charge in [-0.05, 0) is 50.7 Å². The summed E-state index contributed by atoms with van der Waals surface area (Å²) in [7, 11) is -2.55. The maximum absolute atomic E-state index is 14.3. The molecule has 0 aliphatic carbocycles. The third-order valence-corrected chi connectivity index (χ3v) is 6.58. The normalized spacial score (nSPS) is 16.6. The number of nitrogens with zero attached hydrogens (tertiary/aromatic N) is 4. The summed E-state index contributed by atoms with van der Waals surface area (Å²) < 4.78 is 46.2. The number of hydrogen-bond donors (Lipinski definition) is 1. The molecule has 1 aliphatic heterocycles. The minimum absolute atomic E-state index is 0.177. The molecule has 1 aromatic carbocycles. The Morgan fingerprint density at radius 1 is 1.26 bits per heavy atom. The Morgan fingerprint density at radius 2 is 2.06 bits per heavy atom. The largest absolute Gasteiger partial charge is 0.420 e. The van der Waals surface area contributed by atoms with E-state index in [1.54, 1.807) is 6.20 Å². The van der Waals surface area contributed by atoms with Gasteiger partial charge in [-0.15, -0.1) is 10.2 Å². The van der Waals surface area contributed by atoms with E-state index in [0.717, 1.165) is 23.9 Å². The fraction of sp³-hybridized carbons (Fsp3) is 0.300. The molecule has 0 spiro atoms. The molecular formula is C20H20FN5O4S. The fourth-order valence-corrected chi connectivity index (χ4v) is 4.14. The lowest BCUT2D eigenvalue weighted by atomic mass is 10.1. The van der Waals surface area contributed by atoms with E-state index in [-0.39, 0.29) is 22.9 Å². The Balaban J connectivity index is 1.51. The highest BCUT2D eigenvalue weighted by Crippen LogP contribution is 2.30. The molecule has 9 nitrogen and oxygen atoms in total. The first-order valence-corrected chi connectivity index (χ1v) is 11.1.